The fourth-order valence-corrected chi connectivity index (χ4v) is 2.32. The van der Waals surface area contributed by atoms with Gasteiger partial charge in [0.1, 0.15) is 0 Å². The van der Waals surface area contributed by atoms with E-state index >= 15 is 0 Å². The Balaban J connectivity index is 2.37. The van der Waals surface area contributed by atoms with Gasteiger partial charge in [0.2, 0.25) is 0 Å². The van der Waals surface area contributed by atoms with Crippen LogP contribution in [0.3, 0.4) is 0 Å². The Morgan fingerprint density at radius 2 is 1.82 bits per heavy atom. The molecule has 0 aromatic heterocycles. The first-order chi connectivity index (χ1) is 5.12. The van der Waals surface area contributed by atoms with Gasteiger partial charge >= 0.3 is 0 Å². The summed E-state index contributed by atoms with van der Waals surface area (Å²) in [6.45, 7) is 4.22. The highest BCUT2D eigenvalue weighted by Crippen LogP contribution is 2.39. The maximum atomic E-state index is 9.27. The molecule has 1 unspecified atom stereocenters. The molecule has 1 heteroatoms. The monoisotopic (exact) mass is 156 g/mol. The predicted octanol–water partition coefficient (Wildman–Crippen LogP) is 2.73. The Morgan fingerprint density at radius 1 is 1.27 bits per heavy atom. The second kappa shape index (κ2) is 3.57. The molecule has 0 heterocycles. The molecule has 1 rings (SSSR count). The minimum Gasteiger partial charge on any atom is -0.393 e. The molecule has 0 spiro atoms. The van der Waals surface area contributed by atoms with Gasteiger partial charge in [-0.3, -0.25) is 0 Å². The van der Waals surface area contributed by atoms with Crippen molar-refractivity contribution in [1.82, 2.24) is 0 Å². The van der Waals surface area contributed by atoms with Gasteiger partial charge < -0.3 is 5.11 Å². The molecule has 0 saturated heterocycles. The summed E-state index contributed by atoms with van der Waals surface area (Å²) in [6.07, 6.45) is 7.64. The molecule has 1 saturated carbocycles. The van der Waals surface area contributed by atoms with Gasteiger partial charge in [-0.1, -0.05) is 26.2 Å². The number of rotatable bonds is 2. The van der Waals surface area contributed by atoms with Crippen molar-refractivity contribution in [2.45, 2.75) is 58.5 Å². The van der Waals surface area contributed by atoms with E-state index in [2.05, 4.69) is 6.92 Å². The van der Waals surface area contributed by atoms with E-state index in [0.29, 0.717) is 5.41 Å². The second-order valence-electron chi connectivity index (χ2n) is 4.42. The van der Waals surface area contributed by atoms with E-state index in [1.165, 1.54) is 32.1 Å². The highest BCUT2D eigenvalue weighted by molar-refractivity contribution is 4.79. The summed E-state index contributed by atoms with van der Waals surface area (Å²) in [7, 11) is 0. The van der Waals surface area contributed by atoms with Crippen LogP contribution in [0.1, 0.15) is 52.4 Å². The number of aliphatic hydroxyl groups excluding tert-OH is 1. The van der Waals surface area contributed by atoms with E-state index in [1.807, 2.05) is 6.92 Å². The molecule has 0 bridgehead atoms. The van der Waals surface area contributed by atoms with Crippen molar-refractivity contribution in [2.24, 2.45) is 5.41 Å². The lowest BCUT2D eigenvalue weighted by atomic mass is 9.72. The summed E-state index contributed by atoms with van der Waals surface area (Å²) >= 11 is 0. The van der Waals surface area contributed by atoms with Gasteiger partial charge in [0.15, 0.2) is 0 Å². The molecule has 66 valence electrons. The zero-order chi connectivity index (χ0) is 8.32. The van der Waals surface area contributed by atoms with Crippen LogP contribution in [0.4, 0.5) is 0 Å². The first-order valence-corrected chi connectivity index (χ1v) is 4.80. The Bertz CT molecular complexity index is 112. The molecular weight excluding hydrogens is 136 g/mol. The lowest BCUT2D eigenvalue weighted by Gasteiger charge is -2.34. The first kappa shape index (κ1) is 9.05. The van der Waals surface area contributed by atoms with E-state index in [9.17, 15) is 5.11 Å². The predicted molar refractivity (Wildman–Crippen MR) is 47.5 cm³/mol. The van der Waals surface area contributed by atoms with Crippen LogP contribution >= 0.6 is 0 Å². The topological polar surface area (TPSA) is 20.2 Å². The average Bonchev–Trinajstić information content (AvgIpc) is 1.85. The van der Waals surface area contributed by atoms with Gasteiger partial charge in [-0.2, -0.15) is 0 Å². The van der Waals surface area contributed by atoms with Crippen LogP contribution in [0, 0.1) is 5.41 Å². The van der Waals surface area contributed by atoms with Crippen molar-refractivity contribution >= 4 is 0 Å². The third kappa shape index (κ3) is 2.82. The van der Waals surface area contributed by atoms with Crippen LogP contribution in [0.15, 0.2) is 0 Å². The molecule has 0 amide bonds. The fourth-order valence-electron chi connectivity index (χ4n) is 2.32. The van der Waals surface area contributed by atoms with Crippen LogP contribution in [-0.2, 0) is 0 Å². The van der Waals surface area contributed by atoms with Gasteiger partial charge in [-0.15, -0.1) is 0 Å². The van der Waals surface area contributed by atoms with Crippen molar-refractivity contribution in [2.75, 3.05) is 0 Å². The van der Waals surface area contributed by atoms with Crippen LogP contribution in [0.5, 0.6) is 0 Å². The Morgan fingerprint density at radius 3 is 2.27 bits per heavy atom. The highest BCUT2D eigenvalue weighted by Gasteiger charge is 2.27. The maximum absolute atomic E-state index is 9.27. The zero-order valence-electron chi connectivity index (χ0n) is 7.77. The van der Waals surface area contributed by atoms with Gasteiger partial charge in [0, 0.05) is 0 Å². The van der Waals surface area contributed by atoms with E-state index in [-0.39, 0.29) is 6.10 Å². The minimum atomic E-state index is -0.113. The molecule has 0 aliphatic heterocycles. The smallest absolute Gasteiger partial charge is 0.0517 e. The van der Waals surface area contributed by atoms with Crippen molar-refractivity contribution in [1.29, 1.82) is 0 Å². The minimum absolute atomic E-state index is 0.113. The standard InChI is InChI=1S/C10H20O/c1-9(11)8-10(2)6-4-3-5-7-10/h9,11H,3-8H2,1-2H3. The molecule has 0 aromatic rings. The number of hydrogen-bond acceptors (Lipinski definition) is 1. The SMILES string of the molecule is CC(O)CC1(C)CCCCC1. The second-order valence-corrected chi connectivity index (χ2v) is 4.42. The summed E-state index contributed by atoms with van der Waals surface area (Å²) < 4.78 is 0. The van der Waals surface area contributed by atoms with Crippen LogP contribution in [0.25, 0.3) is 0 Å². The van der Waals surface area contributed by atoms with Gasteiger partial charge in [0.25, 0.3) is 0 Å². The van der Waals surface area contributed by atoms with Crippen molar-refractivity contribution < 1.29 is 5.11 Å². The zero-order valence-corrected chi connectivity index (χ0v) is 7.77. The quantitative estimate of drug-likeness (QED) is 0.651. The average molecular weight is 156 g/mol. The summed E-state index contributed by atoms with van der Waals surface area (Å²) in [5.74, 6) is 0. The Labute approximate surface area is 69.8 Å². The number of aliphatic hydroxyl groups is 1. The van der Waals surface area contributed by atoms with Crippen LogP contribution in [-0.4, -0.2) is 11.2 Å². The van der Waals surface area contributed by atoms with Gasteiger partial charge in [-0.25, -0.2) is 0 Å². The molecule has 1 aliphatic rings. The van der Waals surface area contributed by atoms with Crippen molar-refractivity contribution in [3.8, 4) is 0 Å². The van der Waals surface area contributed by atoms with Gasteiger partial charge in [0.05, 0.1) is 6.10 Å². The summed E-state index contributed by atoms with van der Waals surface area (Å²) in [5, 5.41) is 9.27. The Kier molecular flexibility index (Phi) is 2.94. The molecule has 1 fully saturated rings. The summed E-state index contributed by atoms with van der Waals surface area (Å²) in [6, 6.07) is 0. The third-order valence-corrected chi connectivity index (χ3v) is 2.85. The van der Waals surface area contributed by atoms with Crippen molar-refractivity contribution in [3.05, 3.63) is 0 Å². The molecule has 1 N–H and O–H groups in total. The van der Waals surface area contributed by atoms with E-state index in [4.69, 9.17) is 0 Å². The van der Waals surface area contributed by atoms with E-state index < -0.39 is 0 Å². The maximum Gasteiger partial charge on any atom is 0.0517 e. The number of hydrogen-bond donors (Lipinski definition) is 1. The van der Waals surface area contributed by atoms with E-state index in [0.717, 1.165) is 6.42 Å². The van der Waals surface area contributed by atoms with Crippen LogP contribution < -0.4 is 0 Å². The fraction of sp³-hybridized carbons (Fsp3) is 1.00. The third-order valence-electron chi connectivity index (χ3n) is 2.85. The molecule has 11 heavy (non-hydrogen) atoms. The lowest BCUT2D eigenvalue weighted by molar-refractivity contribution is 0.0932. The molecular formula is C10H20O. The lowest BCUT2D eigenvalue weighted by Crippen LogP contribution is -2.24. The molecule has 0 radical (unpaired) electrons. The molecule has 0 aromatic carbocycles. The van der Waals surface area contributed by atoms with Gasteiger partial charge in [-0.05, 0) is 31.6 Å². The summed E-state index contributed by atoms with van der Waals surface area (Å²) in [4.78, 5) is 0. The van der Waals surface area contributed by atoms with E-state index in [1.54, 1.807) is 0 Å². The van der Waals surface area contributed by atoms with Crippen molar-refractivity contribution in [3.63, 3.8) is 0 Å². The largest absolute Gasteiger partial charge is 0.393 e. The molecule has 1 aliphatic carbocycles. The molecule has 1 nitrogen and oxygen atoms in total. The normalized spacial score (nSPS) is 26.5. The summed E-state index contributed by atoms with van der Waals surface area (Å²) in [5.41, 5.74) is 0.451. The highest BCUT2D eigenvalue weighted by atomic mass is 16.3. The first-order valence-electron chi connectivity index (χ1n) is 4.80. The Hall–Kier alpha value is -0.0400. The molecule has 1 atom stereocenters. The van der Waals surface area contributed by atoms with Crippen LogP contribution in [0.2, 0.25) is 0 Å².